The lowest BCUT2D eigenvalue weighted by Gasteiger charge is -2.14. The van der Waals surface area contributed by atoms with E-state index in [1.807, 2.05) is 55.4 Å². The summed E-state index contributed by atoms with van der Waals surface area (Å²) in [7, 11) is 3.98. The molecule has 2 N–H and O–H groups in total. The quantitative estimate of drug-likeness (QED) is 0.895. The van der Waals surface area contributed by atoms with Crippen molar-refractivity contribution in [2.75, 3.05) is 19.0 Å². The van der Waals surface area contributed by atoms with Crippen LogP contribution in [0.4, 0.5) is 5.69 Å². The number of anilines is 1. The molecular weight excluding hydrogens is 226 g/mol. The predicted molar refractivity (Wildman–Crippen MR) is 73.0 cm³/mol. The summed E-state index contributed by atoms with van der Waals surface area (Å²) in [5.74, 6) is 1.32. The van der Waals surface area contributed by atoms with Gasteiger partial charge in [0.1, 0.15) is 5.75 Å². The molecule has 0 aliphatic heterocycles. The first kappa shape index (κ1) is 12.4. The highest BCUT2D eigenvalue weighted by Crippen LogP contribution is 2.25. The Kier molecular flexibility index (Phi) is 3.79. The molecule has 4 heteroatoms. The van der Waals surface area contributed by atoms with E-state index >= 15 is 0 Å². The largest absolute Gasteiger partial charge is 0.439 e. The highest BCUT2D eigenvalue weighted by atomic mass is 16.5. The van der Waals surface area contributed by atoms with E-state index in [1.54, 1.807) is 6.20 Å². The molecule has 0 fully saturated rings. The predicted octanol–water partition coefficient (Wildman–Crippen LogP) is 2.40. The van der Waals surface area contributed by atoms with Crippen LogP contribution < -0.4 is 15.4 Å². The highest BCUT2D eigenvalue weighted by molar-refractivity contribution is 5.50. The van der Waals surface area contributed by atoms with Gasteiger partial charge in [0.05, 0.1) is 0 Å². The second kappa shape index (κ2) is 5.51. The van der Waals surface area contributed by atoms with E-state index in [2.05, 4.69) is 4.98 Å². The van der Waals surface area contributed by atoms with Gasteiger partial charge >= 0.3 is 0 Å². The summed E-state index contributed by atoms with van der Waals surface area (Å²) in [4.78, 5) is 6.23. The lowest BCUT2D eigenvalue weighted by atomic mass is 10.2. The molecule has 1 aromatic carbocycles. The molecule has 0 saturated carbocycles. The van der Waals surface area contributed by atoms with Crippen molar-refractivity contribution in [1.82, 2.24) is 4.98 Å². The number of nitrogens with zero attached hydrogens (tertiary/aromatic N) is 2. The average molecular weight is 243 g/mol. The molecular formula is C14H17N3O. The van der Waals surface area contributed by atoms with Gasteiger partial charge in [-0.2, -0.15) is 0 Å². The first-order valence-corrected chi connectivity index (χ1v) is 5.80. The zero-order chi connectivity index (χ0) is 13.0. The van der Waals surface area contributed by atoms with Crippen molar-refractivity contribution >= 4 is 5.69 Å². The molecule has 18 heavy (non-hydrogen) atoms. The number of hydrogen-bond acceptors (Lipinski definition) is 4. The average Bonchev–Trinajstić information content (AvgIpc) is 2.39. The van der Waals surface area contributed by atoms with E-state index in [4.69, 9.17) is 10.5 Å². The summed E-state index contributed by atoms with van der Waals surface area (Å²) < 4.78 is 5.77. The molecule has 4 nitrogen and oxygen atoms in total. The van der Waals surface area contributed by atoms with Crippen molar-refractivity contribution in [1.29, 1.82) is 0 Å². The Hall–Kier alpha value is -2.07. The number of ether oxygens (including phenoxy) is 1. The molecule has 0 spiro atoms. The number of hydrogen-bond donors (Lipinski definition) is 1. The molecule has 0 radical (unpaired) electrons. The summed E-state index contributed by atoms with van der Waals surface area (Å²) in [6.07, 6.45) is 1.70. The third-order valence-electron chi connectivity index (χ3n) is 2.62. The summed E-state index contributed by atoms with van der Waals surface area (Å²) in [5, 5.41) is 0. The molecule has 0 bridgehead atoms. The summed E-state index contributed by atoms with van der Waals surface area (Å²) >= 11 is 0. The third-order valence-corrected chi connectivity index (χ3v) is 2.62. The van der Waals surface area contributed by atoms with E-state index in [9.17, 15) is 0 Å². The van der Waals surface area contributed by atoms with Crippen molar-refractivity contribution in [3.63, 3.8) is 0 Å². The second-order valence-electron chi connectivity index (χ2n) is 4.17. The van der Waals surface area contributed by atoms with Gasteiger partial charge in [0.2, 0.25) is 5.88 Å². The van der Waals surface area contributed by atoms with E-state index in [-0.39, 0.29) is 0 Å². The number of rotatable bonds is 4. The van der Waals surface area contributed by atoms with Gasteiger partial charge in [0.15, 0.2) is 0 Å². The molecule has 1 heterocycles. The van der Waals surface area contributed by atoms with Gasteiger partial charge in [0.25, 0.3) is 0 Å². The maximum atomic E-state index is 5.77. The Morgan fingerprint density at radius 1 is 1.22 bits per heavy atom. The van der Waals surface area contributed by atoms with Crippen LogP contribution in [-0.4, -0.2) is 19.1 Å². The lowest BCUT2D eigenvalue weighted by Crippen LogP contribution is -2.08. The Morgan fingerprint density at radius 2 is 2.06 bits per heavy atom. The molecule has 94 valence electrons. The fraction of sp³-hybridized carbons (Fsp3) is 0.214. The molecule has 0 aliphatic carbocycles. The third kappa shape index (κ3) is 2.78. The Labute approximate surface area is 107 Å². The molecule has 0 aliphatic rings. The van der Waals surface area contributed by atoms with E-state index in [1.165, 1.54) is 0 Å². The van der Waals surface area contributed by atoms with Crippen LogP contribution in [-0.2, 0) is 6.54 Å². The Morgan fingerprint density at radius 3 is 2.78 bits per heavy atom. The maximum Gasteiger partial charge on any atom is 0.223 e. The van der Waals surface area contributed by atoms with Gasteiger partial charge in [-0.1, -0.05) is 12.1 Å². The van der Waals surface area contributed by atoms with E-state index in [0.717, 1.165) is 17.0 Å². The molecule has 0 atom stereocenters. The normalized spacial score (nSPS) is 10.2. The first-order chi connectivity index (χ1) is 8.70. The van der Waals surface area contributed by atoms with Crippen LogP contribution in [0.3, 0.4) is 0 Å². The van der Waals surface area contributed by atoms with Gasteiger partial charge < -0.3 is 15.4 Å². The molecule has 0 saturated heterocycles. The zero-order valence-corrected chi connectivity index (χ0v) is 10.6. The van der Waals surface area contributed by atoms with Gasteiger partial charge in [-0.3, -0.25) is 0 Å². The summed E-state index contributed by atoms with van der Waals surface area (Å²) in [5.41, 5.74) is 7.63. The zero-order valence-electron chi connectivity index (χ0n) is 10.6. The maximum absolute atomic E-state index is 5.77. The van der Waals surface area contributed by atoms with Crippen LogP contribution in [0.1, 0.15) is 5.56 Å². The highest BCUT2D eigenvalue weighted by Gasteiger charge is 2.05. The minimum Gasteiger partial charge on any atom is -0.439 e. The smallest absolute Gasteiger partial charge is 0.223 e. The van der Waals surface area contributed by atoms with Crippen LogP contribution >= 0.6 is 0 Å². The van der Waals surface area contributed by atoms with Crippen LogP contribution in [0.15, 0.2) is 42.6 Å². The molecule has 0 unspecified atom stereocenters. The van der Waals surface area contributed by atoms with Gasteiger partial charge in [-0.05, 0) is 18.2 Å². The number of benzene rings is 1. The van der Waals surface area contributed by atoms with Crippen molar-refractivity contribution < 1.29 is 4.74 Å². The van der Waals surface area contributed by atoms with Crippen LogP contribution in [0.5, 0.6) is 11.6 Å². The van der Waals surface area contributed by atoms with Gasteiger partial charge in [0, 0.05) is 44.2 Å². The topological polar surface area (TPSA) is 51.4 Å². The molecule has 2 aromatic rings. The van der Waals surface area contributed by atoms with Gasteiger partial charge in [-0.25, -0.2) is 4.98 Å². The van der Waals surface area contributed by atoms with Crippen LogP contribution in [0, 0.1) is 0 Å². The second-order valence-corrected chi connectivity index (χ2v) is 4.17. The summed E-state index contributed by atoms with van der Waals surface area (Å²) in [6, 6.07) is 11.6. The minimum absolute atomic E-state index is 0.413. The van der Waals surface area contributed by atoms with Crippen molar-refractivity contribution in [2.24, 2.45) is 5.73 Å². The number of pyridine rings is 1. The molecule has 2 rings (SSSR count). The number of aromatic nitrogens is 1. The SMILES string of the molecule is CN(C)c1cccc(Oc2ncccc2CN)c1. The molecule has 1 aromatic heterocycles. The Balaban J connectivity index is 2.25. The van der Waals surface area contributed by atoms with E-state index in [0.29, 0.717) is 12.4 Å². The lowest BCUT2D eigenvalue weighted by molar-refractivity contribution is 0.456. The standard InChI is InChI=1S/C14H17N3O/c1-17(2)12-6-3-7-13(9-12)18-14-11(10-15)5-4-8-16-14/h3-9H,10,15H2,1-2H3. The fourth-order valence-electron chi connectivity index (χ4n) is 1.61. The molecule has 0 amide bonds. The van der Waals surface area contributed by atoms with Gasteiger partial charge in [-0.15, -0.1) is 0 Å². The number of nitrogens with two attached hydrogens (primary N) is 1. The first-order valence-electron chi connectivity index (χ1n) is 5.80. The Bertz CT molecular complexity index is 526. The summed E-state index contributed by atoms with van der Waals surface area (Å²) in [6.45, 7) is 0.413. The van der Waals surface area contributed by atoms with Crippen molar-refractivity contribution in [3.8, 4) is 11.6 Å². The van der Waals surface area contributed by atoms with E-state index < -0.39 is 0 Å². The van der Waals surface area contributed by atoms with Crippen molar-refractivity contribution in [2.45, 2.75) is 6.54 Å². The van der Waals surface area contributed by atoms with Crippen LogP contribution in [0.25, 0.3) is 0 Å². The minimum atomic E-state index is 0.413. The van der Waals surface area contributed by atoms with Crippen molar-refractivity contribution in [3.05, 3.63) is 48.2 Å². The van der Waals surface area contributed by atoms with Crippen LogP contribution in [0.2, 0.25) is 0 Å². The fourth-order valence-corrected chi connectivity index (χ4v) is 1.61. The monoisotopic (exact) mass is 243 g/mol.